The maximum Gasteiger partial charge on any atom is 0.0991 e. The van der Waals surface area contributed by atoms with Crippen molar-refractivity contribution in [2.45, 2.75) is 13.0 Å². The van der Waals surface area contributed by atoms with Gasteiger partial charge in [0.05, 0.1) is 11.6 Å². The van der Waals surface area contributed by atoms with E-state index in [9.17, 15) is 0 Å². The quantitative estimate of drug-likeness (QED) is 0.820. The first kappa shape index (κ1) is 13.3. The maximum atomic E-state index is 8.75. The summed E-state index contributed by atoms with van der Waals surface area (Å²) >= 11 is 0. The van der Waals surface area contributed by atoms with Crippen LogP contribution in [0.4, 0.5) is 0 Å². The summed E-state index contributed by atoms with van der Waals surface area (Å²) in [5.41, 5.74) is 3.05. The molecule has 2 aromatic rings. The summed E-state index contributed by atoms with van der Waals surface area (Å²) in [7, 11) is 2.10. The zero-order chi connectivity index (χ0) is 13.5. The first-order valence-corrected chi connectivity index (χ1v) is 6.35. The summed E-state index contributed by atoms with van der Waals surface area (Å²) in [5, 5.41) is 8.75. The Bertz CT molecular complexity index is 540. The molecule has 0 saturated heterocycles. The van der Waals surface area contributed by atoms with Crippen LogP contribution in [0.25, 0.3) is 0 Å². The highest BCUT2D eigenvalue weighted by Gasteiger charge is 2.02. The largest absolute Gasteiger partial charge is 0.302 e. The van der Waals surface area contributed by atoms with Crippen LogP contribution in [0.3, 0.4) is 0 Å². The number of benzene rings is 1. The van der Waals surface area contributed by atoms with Crippen LogP contribution in [0.15, 0.2) is 48.7 Å². The number of hydrogen-bond donors (Lipinski definition) is 0. The highest BCUT2D eigenvalue weighted by Crippen LogP contribution is 2.06. The number of rotatable bonds is 5. The van der Waals surface area contributed by atoms with E-state index in [1.807, 2.05) is 42.6 Å². The number of likely N-dealkylation sites (N-methyl/N-ethyl adjacent to an activating group) is 1. The fourth-order valence-corrected chi connectivity index (χ4v) is 1.93. The molecule has 1 heterocycles. The number of nitriles is 1. The minimum absolute atomic E-state index is 0.708. The van der Waals surface area contributed by atoms with Gasteiger partial charge >= 0.3 is 0 Å². The summed E-state index contributed by atoms with van der Waals surface area (Å²) in [4.78, 5) is 6.58. The van der Waals surface area contributed by atoms with Gasteiger partial charge in [-0.25, -0.2) is 0 Å². The van der Waals surface area contributed by atoms with Gasteiger partial charge in [-0.05, 0) is 36.9 Å². The molecule has 96 valence electrons. The standard InChI is InChI=1S/C16H17N3/c1-19(11-9-16-4-2-3-10-18-16)13-15-7-5-14(12-17)6-8-15/h2-8,10H,9,11,13H2,1H3. The molecule has 0 spiro atoms. The molecule has 19 heavy (non-hydrogen) atoms. The van der Waals surface area contributed by atoms with Gasteiger partial charge in [0, 0.05) is 31.4 Å². The smallest absolute Gasteiger partial charge is 0.0991 e. The van der Waals surface area contributed by atoms with Gasteiger partial charge in [0.1, 0.15) is 0 Å². The molecule has 0 atom stereocenters. The Labute approximate surface area is 114 Å². The lowest BCUT2D eigenvalue weighted by atomic mass is 10.1. The fourth-order valence-electron chi connectivity index (χ4n) is 1.93. The lowest BCUT2D eigenvalue weighted by Gasteiger charge is -2.16. The molecule has 0 unspecified atom stereocenters. The van der Waals surface area contributed by atoms with E-state index < -0.39 is 0 Å². The topological polar surface area (TPSA) is 39.9 Å². The van der Waals surface area contributed by atoms with Gasteiger partial charge in [-0.2, -0.15) is 5.26 Å². The molecule has 0 aliphatic rings. The summed E-state index contributed by atoms with van der Waals surface area (Å²) in [6.07, 6.45) is 2.78. The molecule has 1 aromatic heterocycles. The zero-order valence-electron chi connectivity index (χ0n) is 11.1. The lowest BCUT2D eigenvalue weighted by molar-refractivity contribution is 0.330. The third-order valence-corrected chi connectivity index (χ3v) is 3.01. The van der Waals surface area contributed by atoms with E-state index >= 15 is 0 Å². The molecular weight excluding hydrogens is 234 g/mol. The Balaban J connectivity index is 1.84. The van der Waals surface area contributed by atoms with Gasteiger partial charge in [0.2, 0.25) is 0 Å². The molecule has 0 radical (unpaired) electrons. The van der Waals surface area contributed by atoms with Gasteiger partial charge in [-0.15, -0.1) is 0 Å². The minimum Gasteiger partial charge on any atom is -0.302 e. The van der Waals surface area contributed by atoms with E-state index in [0.717, 1.165) is 25.2 Å². The van der Waals surface area contributed by atoms with Gasteiger partial charge < -0.3 is 4.90 Å². The van der Waals surface area contributed by atoms with Crippen molar-refractivity contribution in [2.24, 2.45) is 0 Å². The number of hydrogen-bond acceptors (Lipinski definition) is 3. The molecule has 0 bridgehead atoms. The molecule has 1 aromatic carbocycles. The van der Waals surface area contributed by atoms with Crippen LogP contribution >= 0.6 is 0 Å². The molecule has 0 aliphatic heterocycles. The van der Waals surface area contributed by atoms with Gasteiger partial charge in [0.15, 0.2) is 0 Å². The van der Waals surface area contributed by atoms with E-state index in [2.05, 4.69) is 29.1 Å². The van der Waals surface area contributed by atoms with Crippen molar-refractivity contribution in [3.63, 3.8) is 0 Å². The second kappa shape index (κ2) is 6.67. The Morgan fingerprint density at radius 2 is 1.95 bits per heavy atom. The van der Waals surface area contributed by atoms with Crippen LogP contribution in [0, 0.1) is 11.3 Å². The Morgan fingerprint density at radius 1 is 1.16 bits per heavy atom. The summed E-state index contributed by atoms with van der Waals surface area (Å²) < 4.78 is 0. The summed E-state index contributed by atoms with van der Waals surface area (Å²) in [5.74, 6) is 0. The van der Waals surface area contributed by atoms with Crippen LogP contribution in [-0.4, -0.2) is 23.5 Å². The van der Waals surface area contributed by atoms with E-state index in [1.165, 1.54) is 5.56 Å². The Hall–Kier alpha value is -2.18. The van der Waals surface area contributed by atoms with Crippen LogP contribution in [-0.2, 0) is 13.0 Å². The van der Waals surface area contributed by atoms with E-state index in [0.29, 0.717) is 5.56 Å². The molecular formula is C16H17N3. The molecule has 0 N–H and O–H groups in total. The van der Waals surface area contributed by atoms with E-state index in [4.69, 9.17) is 5.26 Å². The highest BCUT2D eigenvalue weighted by atomic mass is 15.1. The van der Waals surface area contributed by atoms with E-state index in [-0.39, 0.29) is 0 Å². The van der Waals surface area contributed by atoms with E-state index in [1.54, 1.807) is 0 Å². The minimum atomic E-state index is 0.708. The van der Waals surface area contributed by atoms with Gasteiger partial charge in [-0.3, -0.25) is 4.98 Å². The molecule has 2 rings (SSSR count). The third kappa shape index (κ3) is 4.20. The molecule has 0 fully saturated rings. The van der Waals surface area contributed by atoms with Crippen molar-refractivity contribution in [3.05, 3.63) is 65.5 Å². The first-order chi connectivity index (χ1) is 9.28. The zero-order valence-corrected chi connectivity index (χ0v) is 11.1. The molecule has 3 heteroatoms. The van der Waals surface area contributed by atoms with Gasteiger partial charge in [0.25, 0.3) is 0 Å². The van der Waals surface area contributed by atoms with Crippen molar-refractivity contribution in [1.29, 1.82) is 5.26 Å². The fraction of sp³-hybridized carbons (Fsp3) is 0.250. The second-order valence-electron chi connectivity index (χ2n) is 4.62. The number of nitrogens with zero attached hydrogens (tertiary/aromatic N) is 3. The van der Waals surface area contributed by atoms with Crippen molar-refractivity contribution in [2.75, 3.05) is 13.6 Å². The lowest BCUT2D eigenvalue weighted by Crippen LogP contribution is -2.21. The maximum absolute atomic E-state index is 8.75. The number of pyridine rings is 1. The average Bonchev–Trinajstić information content (AvgIpc) is 2.47. The Kier molecular flexibility index (Phi) is 4.66. The van der Waals surface area contributed by atoms with Crippen molar-refractivity contribution < 1.29 is 0 Å². The van der Waals surface area contributed by atoms with Crippen LogP contribution < -0.4 is 0 Å². The van der Waals surface area contributed by atoms with Gasteiger partial charge in [-0.1, -0.05) is 18.2 Å². The third-order valence-electron chi connectivity index (χ3n) is 3.01. The SMILES string of the molecule is CN(CCc1ccccn1)Cc1ccc(C#N)cc1. The molecule has 0 aliphatic carbocycles. The van der Waals surface area contributed by atoms with Crippen molar-refractivity contribution in [3.8, 4) is 6.07 Å². The summed E-state index contributed by atoms with van der Waals surface area (Å²) in [6.45, 7) is 1.86. The Morgan fingerprint density at radius 3 is 2.58 bits per heavy atom. The van der Waals surface area contributed by atoms with Crippen LogP contribution in [0.1, 0.15) is 16.8 Å². The van der Waals surface area contributed by atoms with Crippen LogP contribution in [0.2, 0.25) is 0 Å². The first-order valence-electron chi connectivity index (χ1n) is 6.35. The predicted molar refractivity (Wildman–Crippen MR) is 75.4 cm³/mol. The van der Waals surface area contributed by atoms with Crippen molar-refractivity contribution in [1.82, 2.24) is 9.88 Å². The van der Waals surface area contributed by atoms with Crippen LogP contribution in [0.5, 0.6) is 0 Å². The predicted octanol–water partition coefficient (Wildman–Crippen LogP) is 2.63. The number of aromatic nitrogens is 1. The summed E-state index contributed by atoms with van der Waals surface area (Å²) in [6, 6.07) is 15.9. The molecule has 3 nitrogen and oxygen atoms in total. The monoisotopic (exact) mass is 251 g/mol. The molecule has 0 amide bonds. The average molecular weight is 251 g/mol. The highest BCUT2D eigenvalue weighted by molar-refractivity contribution is 5.31. The second-order valence-corrected chi connectivity index (χ2v) is 4.62. The normalized spacial score (nSPS) is 10.4. The van der Waals surface area contributed by atoms with Crippen molar-refractivity contribution >= 4 is 0 Å². The molecule has 0 saturated carbocycles.